The van der Waals surface area contributed by atoms with Crippen LogP contribution in [0.5, 0.6) is 0 Å². The summed E-state index contributed by atoms with van der Waals surface area (Å²) in [6, 6.07) is 0. The highest BCUT2D eigenvalue weighted by molar-refractivity contribution is 9.09. The Hall–Kier alpha value is -0.0900. The number of amides is 1. The van der Waals surface area contributed by atoms with Gasteiger partial charge in [0.1, 0.15) is 6.61 Å². The molecular formula is C10H20BrNO2. The molecule has 0 bridgehead atoms. The first-order valence-electron chi connectivity index (χ1n) is 4.93. The van der Waals surface area contributed by atoms with Crippen LogP contribution in [0.15, 0.2) is 0 Å². The van der Waals surface area contributed by atoms with Gasteiger partial charge in [-0.1, -0.05) is 29.8 Å². The maximum atomic E-state index is 11.4. The summed E-state index contributed by atoms with van der Waals surface area (Å²) in [7, 11) is 0. The van der Waals surface area contributed by atoms with Gasteiger partial charge < -0.3 is 10.1 Å². The Bertz CT molecular complexity index is 181. The first-order chi connectivity index (χ1) is 6.40. The zero-order valence-corrected chi connectivity index (χ0v) is 11.0. The van der Waals surface area contributed by atoms with Crippen LogP contribution in [0.4, 0.5) is 0 Å². The van der Waals surface area contributed by atoms with E-state index in [9.17, 15) is 4.79 Å². The molecule has 0 saturated heterocycles. The highest BCUT2D eigenvalue weighted by Crippen LogP contribution is 2.16. The van der Waals surface area contributed by atoms with E-state index in [1.165, 1.54) is 0 Å². The van der Waals surface area contributed by atoms with E-state index in [4.69, 9.17) is 4.74 Å². The Morgan fingerprint density at radius 3 is 2.57 bits per heavy atom. The van der Waals surface area contributed by atoms with Crippen molar-refractivity contribution in [2.45, 2.75) is 44.5 Å². The van der Waals surface area contributed by atoms with Crippen LogP contribution >= 0.6 is 15.9 Å². The van der Waals surface area contributed by atoms with Crippen LogP contribution < -0.4 is 5.32 Å². The Morgan fingerprint density at radius 2 is 2.14 bits per heavy atom. The van der Waals surface area contributed by atoms with Crippen LogP contribution in [0, 0.1) is 0 Å². The summed E-state index contributed by atoms with van der Waals surface area (Å²) < 4.78 is 5.14. The lowest BCUT2D eigenvalue weighted by Crippen LogP contribution is -2.50. The number of hydrogen-bond donors (Lipinski definition) is 1. The maximum Gasteiger partial charge on any atom is 0.246 e. The molecule has 14 heavy (non-hydrogen) atoms. The minimum absolute atomic E-state index is 0.0604. The molecule has 84 valence electrons. The topological polar surface area (TPSA) is 38.3 Å². The summed E-state index contributed by atoms with van der Waals surface area (Å²) in [5, 5.41) is 2.90. The minimum atomic E-state index is -0.243. The number of rotatable bonds is 6. The molecule has 1 unspecified atom stereocenters. The highest BCUT2D eigenvalue weighted by Gasteiger charge is 2.25. The first-order valence-corrected chi connectivity index (χ1v) is 5.84. The van der Waals surface area contributed by atoms with Gasteiger partial charge in [-0.2, -0.15) is 0 Å². The molecule has 0 saturated carbocycles. The van der Waals surface area contributed by atoms with Gasteiger partial charge in [0.2, 0.25) is 5.91 Å². The molecule has 0 fully saturated rings. The molecule has 0 aromatic heterocycles. The Labute approximate surface area is 94.7 Å². The van der Waals surface area contributed by atoms with Gasteiger partial charge in [-0.3, -0.25) is 4.79 Å². The number of halogens is 1. The Balaban J connectivity index is 3.82. The van der Waals surface area contributed by atoms with Crippen molar-refractivity contribution >= 4 is 21.8 Å². The number of alkyl halides is 1. The summed E-state index contributed by atoms with van der Waals surface area (Å²) in [5.41, 5.74) is -0.243. The second kappa shape index (κ2) is 6.40. The van der Waals surface area contributed by atoms with E-state index >= 15 is 0 Å². The van der Waals surface area contributed by atoms with E-state index < -0.39 is 0 Å². The van der Waals surface area contributed by atoms with Crippen LogP contribution in [-0.2, 0) is 9.53 Å². The first kappa shape index (κ1) is 13.9. The molecule has 0 aromatic carbocycles. The molecule has 1 atom stereocenters. The highest BCUT2D eigenvalue weighted by atomic mass is 79.9. The molecule has 0 aliphatic carbocycles. The number of hydrogen-bond acceptors (Lipinski definition) is 2. The van der Waals surface area contributed by atoms with Gasteiger partial charge in [-0.05, 0) is 20.3 Å². The fraction of sp³-hybridized carbons (Fsp3) is 0.900. The van der Waals surface area contributed by atoms with Gasteiger partial charge in [-0.25, -0.2) is 0 Å². The predicted octanol–water partition coefficient (Wildman–Crippen LogP) is 2.09. The SMILES string of the molecule is CCCOCC(=O)NC(C)(C)C(C)Br. The van der Waals surface area contributed by atoms with Crippen LogP contribution in [0.25, 0.3) is 0 Å². The van der Waals surface area contributed by atoms with Crippen molar-refractivity contribution in [3.05, 3.63) is 0 Å². The second-order valence-corrected chi connectivity index (χ2v) is 5.31. The fourth-order valence-electron chi connectivity index (χ4n) is 0.804. The molecule has 0 heterocycles. The van der Waals surface area contributed by atoms with Crippen molar-refractivity contribution < 1.29 is 9.53 Å². The van der Waals surface area contributed by atoms with Crippen LogP contribution in [0.3, 0.4) is 0 Å². The van der Waals surface area contributed by atoms with Crippen molar-refractivity contribution in [2.24, 2.45) is 0 Å². The van der Waals surface area contributed by atoms with Crippen molar-refractivity contribution in [1.29, 1.82) is 0 Å². The van der Waals surface area contributed by atoms with Gasteiger partial charge in [-0.15, -0.1) is 0 Å². The third-order valence-electron chi connectivity index (χ3n) is 2.04. The van der Waals surface area contributed by atoms with E-state index in [0.29, 0.717) is 6.61 Å². The number of carbonyl (C=O) groups is 1. The summed E-state index contributed by atoms with van der Waals surface area (Å²) in [6.07, 6.45) is 0.936. The lowest BCUT2D eigenvalue weighted by Gasteiger charge is -2.29. The third-order valence-corrected chi connectivity index (χ3v) is 3.18. The van der Waals surface area contributed by atoms with E-state index in [2.05, 4.69) is 21.2 Å². The molecule has 1 N–H and O–H groups in total. The van der Waals surface area contributed by atoms with Crippen molar-refractivity contribution in [3.63, 3.8) is 0 Å². The van der Waals surface area contributed by atoms with Gasteiger partial charge >= 0.3 is 0 Å². The molecular weight excluding hydrogens is 246 g/mol. The van der Waals surface area contributed by atoms with E-state index in [1.807, 2.05) is 27.7 Å². The fourth-order valence-corrected chi connectivity index (χ4v) is 0.919. The summed E-state index contributed by atoms with van der Waals surface area (Å²) in [6.45, 7) is 8.76. The molecule has 4 heteroatoms. The summed E-state index contributed by atoms with van der Waals surface area (Å²) in [5.74, 6) is -0.0604. The average Bonchev–Trinajstić information content (AvgIpc) is 2.03. The average molecular weight is 266 g/mol. The van der Waals surface area contributed by atoms with Gasteiger partial charge in [0, 0.05) is 17.0 Å². The Morgan fingerprint density at radius 1 is 1.57 bits per heavy atom. The quantitative estimate of drug-likeness (QED) is 0.590. The molecule has 0 aliphatic rings. The van der Waals surface area contributed by atoms with E-state index in [1.54, 1.807) is 0 Å². The van der Waals surface area contributed by atoms with E-state index in [-0.39, 0.29) is 22.9 Å². The number of nitrogens with one attached hydrogen (secondary N) is 1. The number of carbonyl (C=O) groups excluding carboxylic acids is 1. The lowest BCUT2D eigenvalue weighted by molar-refractivity contribution is -0.127. The van der Waals surface area contributed by atoms with E-state index in [0.717, 1.165) is 6.42 Å². The largest absolute Gasteiger partial charge is 0.372 e. The maximum absolute atomic E-state index is 11.4. The lowest BCUT2D eigenvalue weighted by atomic mass is 10.0. The normalized spacial score (nSPS) is 13.8. The molecule has 0 aliphatic heterocycles. The monoisotopic (exact) mass is 265 g/mol. The van der Waals surface area contributed by atoms with Crippen LogP contribution in [0.1, 0.15) is 34.1 Å². The van der Waals surface area contributed by atoms with Gasteiger partial charge in [0.05, 0.1) is 0 Å². The molecule has 0 spiro atoms. The Kier molecular flexibility index (Phi) is 6.36. The molecule has 1 amide bonds. The molecule has 0 radical (unpaired) electrons. The summed E-state index contributed by atoms with van der Waals surface area (Å²) >= 11 is 3.45. The van der Waals surface area contributed by atoms with Gasteiger partial charge in [0.15, 0.2) is 0 Å². The van der Waals surface area contributed by atoms with Gasteiger partial charge in [0.25, 0.3) is 0 Å². The minimum Gasteiger partial charge on any atom is -0.372 e. The zero-order chi connectivity index (χ0) is 11.2. The molecule has 0 aromatic rings. The third kappa shape index (κ3) is 5.60. The molecule has 3 nitrogen and oxygen atoms in total. The van der Waals surface area contributed by atoms with Crippen LogP contribution in [-0.4, -0.2) is 29.5 Å². The second-order valence-electron chi connectivity index (χ2n) is 3.94. The van der Waals surface area contributed by atoms with Crippen molar-refractivity contribution in [3.8, 4) is 0 Å². The smallest absolute Gasteiger partial charge is 0.246 e. The zero-order valence-electron chi connectivity index (χ0n) is 9.39. The number of ether oxygens (including phenoxy) is 1. The van der Waals surface area contributed by atoms with Crippen molar-refractivity contribution in [1.82, 2.24) is 5.32 Å². The summed E-state index contributed by atoms with van der Waals surface area (Å²) in [4.78, 5) is 11.6. The molecule has 0 rings (SSSR count). The van der Waals surface area contributed by atoms with Crippen LogP contribution in [0.2, 0.25) is 0 Å². The standard InChI is InChI=1S/C10H20BrNO2/c1-5-6-14-7-9(13)12-10(3,4)8(2)11/h8H,5-7H2,1-4H3,(H,12,13). The van der Waals surface area contributed by atoms with Crippen molar-refractivity contribution in [2.75, 3.05) is 13.2 Å². The predicted molar refractivity (Wildman–Crippen MR) is 61.7 cm³/mol.